The molecular formula is C31H33N5O5. The van der Waals surface area contributed by atoms with Gasteiger partial charge in [0.15, 0.2) is 0 Å². The van der Waals surface area contributed by atoms with Crippen LogP contribution in [0.2, 0.25) is 0 Å². The molecule has 10 nitrogen and oxygen atoms in total. The summed E-state index contributed by atoms with van der Waals surface area (Å²) < 4.78 is 10.7. The molecule has 0 saturated heterocycles. The minimum absolute atomic E-state index is 0.191. The standard InChI is InChI=1S/C31H33N5O5/c1-4-7-18-13-23-26(14-22(18)24-15-34-31(41-3)36-29(24)40-2)33-16-25(28(32)37)27(23)35-21-11-19(17-8-5-6-9-17)10-20(12-21)30(38)39/h10-17H,4-9H2,1-3H3,(H2,32,37)(H,33,35)(H,38,39). The smallest absolute Gasteiger partial charge is 0.335 e. The van der Waals surface area contributed by atoms with E-state index in [1.54, 1.807) is 18.3 Å². The van der Waals surface area contributed by atoms with Crippen molar-refractivity contribution in [3.05, 3.63) is 65.0 Å². The first-order chi connectivity index (χ1) is 19.8. The molecule has 41 heavy (non-hydrogen) atoms. The first-order valence-corrected chi connectivity index (χ1v) is 13.7. The number of rotatable bonds is 10. The average Bonchev–Trinajstić information content (AvgIpc) is 3.52. The fourth-order valence-corrected chi connectivity index (χ4v) is 5.61. The zero-order valence-corrected chi connectivity index (χ0v) is 23.4. The van der Waals surface area contributed by atoms with Crippen molar-refractivity contribution < 1.29 is 24.2 Å². The van der Waals surface area contributed by atoms with Crippen LogP contribution in [0, 0.1) is 0 Å². The lowest BCUT2D eigenvalue weighted by atomic mass is 9.94. The number of carbonyl (C=O) groups excluding carboxylic acids is 1. The van der Waals surface area contributed by atoms with Crippen LogP contribution in [0.5, 0.6) is 11.9 Å². The van der Waals surface area contributed by atoms with Crippen molar-refractivity contribution in [2.45, 2.75) is 51.4 Å². The molecule has 1 aliphatic rings. The van der Waals surface area contributed by atoms with E-state index in [1.807, 2.05) is 18.2 Å². The molecule has 1 fully saturated rings. The number of carboxylic acid groups (broad SMARTS) is 1. The van der Waals surface area contributed by atoms with Crippen molar-refractivity contribution in [2.24, 2.45) is 5.73 Å². The Kier molecular flexibility index (Phi) is 8.00. The van der Waals surface area contributed by atoms with Gasteiger partial charge in [-0.3, -0.25) is 9.78 Å². The van der Waals surface area contributed by atoms with Gasteiger partial charge in [-0.25, -0.2) is 9.78 Å². The summed E-state index contributed by atoms with van der Waals surface area (Å²) >= 11 is 0. The molecule has 1 saturated carbocycles. The van der Waals surface area contributed by atoms with Crippen LogP contribution in [0.15, 0.2) is 42.7 Å². The number of amides is 1. The lowest BCUT2D eigenvalue weighted by molar-refractivity contribution is 0.0696. The maximum Gasteiger partial charge on any atom is 0.335 e. The summed E-state index contributed by atoms with van der Waals surface area (Å²) in [6, 6.07) is 9.40. The molecule has 1 aliphatic carbocycles. The number of hydrogen-bond donors (Lipinski definition) is 3. The summed E-state index contributed by atoms with van der Waals surface area (Å²) in [7, 11) is 3.03. The Balaban J connectivity index is 1.69. The maximum absolute atomic E-state index is 12.6. The third-order valence-electron chi connectivity index (χ3n) is 7.57. The number of fused-ring (bicyclic) bond motifs is 1. The molecule has 4 aromatic rings. The quantitative estimate of drug-likeness (QED) is 0.219. The van der Waals surface area contributed by atoms with Crippen LogP contribution >= 0.6 is 0 Å². The first-order valence-electron chi connectivity index (χ1n) is 13.7. The van der Waals surface area contributed by atoms with E-state index in [1.165, 1.54) is 20.4 Å². The molecule has 212 valence electrons. The van der Waals surface area contributed by atoms with Crippen molar-refractivity contribution in [2.75, 3.05) is 19.5 Å². The van der Waals surface area contributed by atoms with Gasteiger partial charge in [0.05, 0.1) is 42.1 Å². The van der Waals surface area contributed by atoms with Gasteiger partial charge < -0.3 is 25.6 Å². The molecule has 5 rings (SSSR count). The Hall–Kier alpha value is -4.73. The highest BCUT2D eigenvalue weighted by atomic mass is 16.5. The molecule has 10 heteroatoms. The number of pyridine rings is 1. The Labute approximate surface area is 237 Å². The fourth-order valence-electron chi connectivity index (χ4n) is 5.61. The van der Waals surface area contributed by atoms with E-state index >= 15 is 0 Å². The van der Waals surface area contributed by atoms with Gasteiger partial charge in [0.2, 0.25) is 5.88 Å². The second kappa shape index (κ2) is 11.8. The normalized spacial score (nSPS) is 13.3. The molecule has 0 spiro atoms. The number of methoxy groups -OCH3 is 2. The molecule has 2 aromatic heterocycles. The number of nitrogens with two attached hydrogens (primary N) is 1. The zero-order valence-electron chi connectivity index (χ0n) is 23.4. The monoisotopic (exact) mass is 555 g/mol. The van der Waals surface area contributed by atoms with E-state index in [9.17, 15) is 14.7 Å². The zero-order chi connectivity index (χ0) is 29.1. The first kappa shape index (κ1) is 27.8. The molecule has 0 radical (unpaired) electrons. The lowest BCUT2D eigenvalue weighted by Crippen LogP contribution is -2.14. The Morgan fingerprint density at radius 2 is 1.80 bits per heavy atom. The summed E-state index contributed by atoms with van der Waals surface area (Å²) in [4.78, 5) is 37.7. The largest absolute Gasteiger partial charge is 0.480 e. The second-order valence-corrected chi connectivity index (χ2v) is 10.2. The average molecular weight is 556 g/mol. The number of nitrogens with one attached hydrogen (secondary N) is 1. The molecule has 2 heterocycles. The number of carboxylic acids is 1. The number of aromatic nitrogens is 3. The third-order valence-corrected chi connectivity index (χ3v) is 7.57. The number of carbonyl (C=O) groups is 2. The van der Waals surface area contributed by atoms with Crippen LogP contribution in [-0.4, -0.2) is 46.2 Å². The van der Waals surface area contributed by atoms with Crippen LogP contribution in [0.4, 0.5) is 11.4 Å². The summed E-state index contributed by atoms with van der Waals surface area (Å²) in [6.45, 7) is 2.08. The van der Waals surface area contributed by atoms with Crippen LogP contribution in [0.1, 0.15) is 76.8 Å². The van der Waals surface area contributed by atoms with E-state index < -0.39 is 11.9 Å². The number of anilines is 2. The van der Waals surface area contributed by atoms with Crippen molar-refractivity contribution in [1.82, 2.24) is 15.0 Å². The molecule has 1 amide bonds. The van der Waals surface area contributed by atoms with Gasteiger partial charge in [0.25, 0.3) is 5.91 Å². The number of primary amides is 1. The molecule has 0 atom stereocenters. The minimum atomic E-state index is -1.01. The highest BCUT2D eigenvalue weighted by molar-refractivity contribution is 6.08. The van der Waals surface area contributed by atoms with Crippen molar-refractivity contribution >= 4 is 34.2 Å². The number of nitrogens with zero attached hydrogens (tertiary/aromatic N) is 3. The van der Waals surface area contributed by atoms with Crippen molar-refractivity contribution in [3.63, 3.8) is 0 Å². The van der Waals surface area contributed by atoms with Crippen molar-refractivity contribution in [3.8, 4) is 23.0 Å². The Bertz CT molecular complexity index is 1630. The van der Waals surface area contributed by atoms with Gasteiger partial charge in [-0.15, -0.1) is 0 Å². The number of ether oxygens (including phenoxy) is 2. The predicted octanol–water partition coefficient (Wildman–Crippen LogP) is 5.86. The van der Waals surface area contributed by atoms with Crippen LogP contribution in [0.25, 0.3) is 22.0 Å². The molecule has 4 N–H and O–H groups in total. The fraction of sp³-hybridized carbons (Fsp3) is 0.323. The van der Waals surface area contributed by atoms with Gasteiger partial charge in [-0.05, 0) is 72.2 Å². The maximum atomic E-state index is 12.6. The SMILES string of the molecule is CCCc1cc2c(Nc3cc(C(=O)O)cc(C4CCCC4)c3)c(C(N)=O)cnc2cc1-c1cnc(OC)nc1OC. The number of aromatic carboxylic acids is 1. The topological polar surface area (TPSA) is 150 Å². The number of aryl methyl sites for hydroxylation is 1. The third kappa shape index (κ3) is 5.63. The van der Waals surface area contributed by atoms with Gasteiger partial charge in [0.1, 0.15) is 0 Å². The predicted molar refractivity (Wildman–Crippen MR) is 156 cm³/mol. The molecule has 0 aliphatic heterocycles. The van der Waals surface area contributed by atoms with Crippen LogP contribution < -0.4 is 20.5 Å². The number of hydrogen-bond acceptors (Lipinski definition) is 8. The molecule has 0 bridgehead atoms. The molecular weight excluding hydrogens is 522 g/mol. The van der Waals surface area contributed by atoms with E-state index in [0.29, 0.717) is 39.6 Å². The number of benzene rings is 2. The van der Waals surface area contributed by atoms with E-state index in [0.717, 1.165) is 55.2 Å². The van der Waals surface area contributed by atoms with E-state index in [2.05, 4.69) is 27.2 Å². The second-order valence-electron chi connectivity index (χ2n) is 10.2. The summed E-state index contributed by atoms with van der Waals surface area (Å²) in [5.74, 6) is -0.975. The minimum Gasteiger partial charge on any atom is -0.480 e. The van der Waals surface area contributed by atoms with Crippen LogP contribution in [-0.2, 0) is 6.42 Å². The molecule has 2 aromatic carbocycles. The van der Waals surface area contributed by atoms with Crippen LogP contribution in [0.3, 0.4) is 0 Å². The van der Waals surface area contributed by atoms with E-state index in [-0.39, 0.29) is 17.1 Å². The summed E-state index contributed by atoms with van der Waals surface area (Å²) in [5.41, 5.74) is 11.3. The van der Waals surface area contributed by atoms with Crippen molar-refractivity contribution in [1.29, 1.82) is 0 Å². The highest BCUT2D eigenvalue weighted by Gasteiger charge is 2.22. The van der Waals surface area contributed by atoms with Gasteiger partial charge in [-0.1, -0.05) is 26.2 Å². The van der Waals surface area contributed by atoms with E-state index in [4.69, 9.17) is 15.2 Å². The Morgan fingerprint density at radius 3 is 2.46 bits per heavy atom. The van der Waals surface area contributed by atoms with Gasteiger partial charge in [0, 0.05) is 23.5 Å². The summed E-state index contributed by atoms with van der Waals surface area (Å²) in [5, 5.41) is 13.9. The lowest BCUT2D eigenvalue weighted by Gasteiger charge is -2.19. The highest BCUT2D eigenvalue weighted by Crippen LogP contribution is 2.39. The van der Waals surface area contributed by atoms with Gasteiger partial charge >= 0.3 is 12.0 Å². The Morgan fingerprint density at radius 1 is 1.02 bits per heavy atom. The van der Waals surface area contributed by atoms with Gasteiger partial charge in [-0.2, -0.15) is 4.98 Å². The molecule has 0 unspecified atom stereocenters. The summed E-state index contributed by atoms with van der Waals surface area (Å²) in [6.07, 6.45) is 8.97.